The molecule has 0 aliphatic carbocycles. The average molecular weight is 265 g/mol. The van der Waals surface area contributed by atoms with Crippen LogP contribution in [0.5, 0.6) is 0 Å². The highest BCUT2D eigenvalue weighted by Crippen LogP contribution is 2.12. The second-order valence-corrected chi connectivity index (χ2v) is 4.49. The molecule has 0 saturated heterocycles. The Morgan fingerprint density at radius 1 is 1.16 bits per heavy atom. The fourth-order valence-corrected chi connectivity index (χ4v) is 1.61. The number of carbonyl (C=O) groups is 1. The molecular formula is C14H23N3O2. The van der Waals surface area contributed by atoms with E-state index in [9.17, 15) is 4.79 Å². The summed E-state index contributed by atoms with van der Waals surface area (Å²) >= 11 is 0. The SMILES string of the molecule is COCCNC(=O)NCCc1ccc(N(C)C)cc1. The molecule has 1 rings (SSSR count). The van der Waals surface area contributed by atoms with Crippen LogP contribution in [0.2, 0.25) is 0 Å². The van der Waals surface area contributed by atoms with Gasteiger partial charge in [0, 0.05) is 40.0 Å². The number of nitrogens with zero attached hydrogens (tertiary/aromatic N) is 1. The summed E-state index contributed by atoms with van der Waals surface area (Å²) in [5.41, 5.74) is 2.39. The van der Waals surface area contributed by atoms with Crippen molar-refractivity contribution in [1.82, 2.24) is 10.6 Å². The lowest BCUT2D eigenvalue weighted by Crippen LogP contribution is -2.38. The zero-order valence-electron chi connectivity index (χ0n) is 11.9. The summed E-state index contributed by atoms with van der Waals surface area (Å²) in [6.45, 7) is 1.68. The number of methoxy groups -OCH3 is 1. The van der Waals surface area contributed by atoms with Gasteiger partial charge in [0.1, 0.15) is 0 Å². The van der Waals surface area contributed by atoms with E-state index >= 15 is 0 Å². The number of carbonyl (C=O) groups excluding carboxylic acids is 1. The van der Waals surface area contributed by atoms with E-state index in [1.165, 1.54) is 11.3 Å². The van der Waals surface area contributed by atoms with E-state index in [0.29, 0.717) is 19.7 Å². The summed E-state index contributed by atoms with van der Waals surface area (Å²) in [5.74, 6) is 0. The summed E-state index contributed by atoms with van der Waals surface area (Å²) in [6.07, 6.45) is 0.825. The number of amides is 2. The minimum Gasteiger partial charge on any atom is -0.383 e. The zero-order chi connectivity index (χ0) is 14.1. The molecule has 2 amide bonds. The second-order valence-electron chi connectivity index (χ2n) is 4.49. The molecule has 0 atom stereocenters. The van der Waals surface area contributed by atoms with E-state index in [0.717, 1.165) is 6.42 Å². The lowest BCUT2D eigenvalue weighted by molar-refractivity contribution is 0.196. The minimum absolute atomic E-state index is 0.151. The summed E-state index contributed by atoms with van der Waals surface area (Å²) < 4.78 is 4.85. The van der Waals surface area contributed by atoms with Gasteiger partial charge in [0.15, 0.2) is 0 Å². The van der Waals surface area contributed by atoms with Crippen LogP contribution in [0.1, 0.15) is 5.56 Å². The predicted molar refractivity (Wildman–Crippen MR) is 77.8 cm³/mol. The number of urea groups is 1. The lowest BCUT2D eigenvalue weighted by Gasteiger charge is -2.12. The van der Waals surface area contributed by atoms with Gasteiger partial charge in [0.2, 0.25) is 0 Å². The van der Waals surface area contributed by atoms with Crippen LogP contribution in [0.3, 0.4) is 0 Å². The Morgan fingerprint density at radius 3 is 2.37 bits per heavy atom. The molecule has 19 heavy (non-hydrogen) atoms. The molecule has 1 aromatic rings. The topological polar surface area (TPSA) is 53.6 Å². The third-order valence-corrected chi connectivity index (χ3v) is 2.74. The van der Waals surface area contributed by atoms with Crippen molar-refractivity contribution in [2.45, 2.75) is 6.42 Å². The van der Waals surface area contributed by atoms with Gasteiger partial charge in [-0.25, -0.2) is 4.79 Å². The summed E-state index contributed by atoms with van der Waals surface area (Å²) in [4.78, 5) is 13.4. The third kappa shape index (κ3) is 6.10. The van der Waals surface area contributed by atoms with Crippen LogP contribution in [0.4, 0.5) is 10.5 Å². The standard InChI is InChI=1S/C14H23N3O2/c1-17(2)13-6-4-12(5-7-13)8-9-15-14(18)16-10-11-19-3/h4-7H,8-11H2,1-3H3,(H2,15,16,18). The molecule has 0 fully saturated rings. The van der Waals surface area contributed by atoms with Gasteiger partial charge in [-0.3, -0.25) is 0 Å². The van der Waals surface area contributed by atoms with Crippen LogP contribution in [-0.2, 0) is 11.2 Å². The van der Waals surface area contributed by atoms with Crippen molar-refractivity contribution in [3.63, 3.8) is 0 Å². The number of hydrogen-bond donors (Lipinski definition) is 2. The van der Waals surface area contributed by atoms with Crippen molar-refractivity contribution in [1.29, 1.82) is 0 Å². The van der Waals surface area contributed by atoms with Gasteiger partial charge in [-0.1, -0.05) is 12.1 Å². The van der Waals surface area contributed by atoms with Gasteiger partial charge in [-0.15, -0.1) is 0 Å². The maximum absolute atomic E-state index is 11.4. The molecule has 0 unspecified atom stereocenters. The van der Waals surface area contributed by atoms with Crippen molar-refractivity contribution in [2.24, 2.45) is 0 Å². The summed E-state index contributed by atoms with van der Waals surface area (Å²) in [7, 11) is 5.64. The fourth-order valence-electron chi connectivity index (χ4n) is 1.61. The quantitative estimate of drug-likeness (QED) is 0.729. The zero-order valence-corrected chi connectivity index (χ0v) is 11.9. The Morgan fingerprint density at radius 2 is 1.79 bits per heavy atom. The highest BCUT2D eigenvalue weighted by atomic mass is 16.5. The van der Waals surface area contributed by atoms with Crippen LogP contribution >= 0.6 is 0 Å². The molecule has 0 bridgehead atoms. The Kier molecular flexibility index (Phi) is 6.74. The highest BCUT2D eigenvalue weighted by molar-refractivity contribution is 5.73. The molecule has 0 saturated carbocycles. The molecule has 0 radical (unpaired) electrons. The number of nitrogens with one attached hydrogen (secondary N) is 2. The Hall–Kier alpha value is -1.75. The Labute approximate surface area is 114 Å². The number of benzene rings is 1. The molecular weight excluding hydrogens is 242 g/mol. The maximum Gasteiger partial charge on any atom is 0.314 e. The molecule has 2 N–H and O–H groups in total. The predicted octanol–water partition coefficient (Wildman–Crippen LogP) is 1.24. The first-order valence-corrected chi connectivity index (χ1v) is 6.40. The lowest BCUT2D eigenvalue weighted by atomic mass is 10.1. The average Bonchev–Trinajstić information content (AvgIpc) is 2.39. The first kappa shape index (κ1) is 15.3. The first-order chi connectivity index (χ1) is 9.13. The number of anilines is 1. The van der Waals surface area contributed by atoms with E-state index in [1.54, 1.807) is 7.11 Å². The van der Waals surface area contributed by atoms with Crippen molar-refractivity contribution in [3.05, 3.63) is 29.8 Å². The maximum atomic E-state index is 11.4. The monoisotopic (exact) mass is 265 g/mol. The molecule has 5 nitrogen and oxygen atoms in total. The highest BCUT2D eigenvalue weighted by Gasteiger charge is 2.00. The molecule has 0 heterocycles. The Balaban J connectivity index is 2.23. The van der Waals surface area contributed by atoms with Gasteiger partial charge >= 0.3 is 6.03 Å². The van der Waals surface area contributed by atoms with Crippen molar-refractivity contribution in [3.8, 4) is 0 Å². The van der Waals surface area contributed by atoms with Crippen LogP contribution in [0.15, 0.2) is 24.3 Å². The molecule has 0 aliphatic rings. The number of rotatable bonds is 7. The number of hydrogen-bond acceptors (Lipinski definition) is 3. The largest absolute Gasteiger partial charge is 0.383 e. The smallest absolute Gasteiger partial charge is 0.314 e. The van der Waals surface area contributed by atoms with E-state index in [2.05, 4.69) is 39.8 Å². The van der Waals surface area contributed by atoms with Crippen molar-refractivity contribution >= 4 is 11.7 Å². The molecule has 1 aromatic carbocycles. The van der Waals surface area contributed by atoms with Gasteiger partial charge in [0.25, 0.3) is 0 Å². The van der Waals surface area contributed by atoms with Gasteiger partial charge in [-0.05, 0) is 24.1 Å². The first-order valence-electron chi connectivity index (χ1n) is 6.40. The van der Waals surface area contributed by atoms with Gasteiger partial charge in [0.05, 0.1) is 6.61 Å². The Bertz CT molecular complexity index is 377. The third-order valence-electron chi connectivity index (χ3n) is 2.74. The molecule has 0 aliphatic heterocycles. The second kappa shape index (κ2) is 8.37. The van der Waals surface area contributed by atoms with Crippen LogP contribution in [-0.4, -0.2) is 46.9 Å². The summed E-state index contributed by atoms with van der Waals surface area (Å²) in [5, 5.41) is 5.52. The van der Waals surface area contributed by atoms with Crippen LogP contribution in [0.25, 0.3) is 0 Å². The number of ether oxygens (including phenoxy) is 1. The molecule has 5 heteroatoms. The van der Waals surface area contributed by atoms with Gasteiger partial charge < -0.3 is 20.3 Å². The van der Waals surface area contributed by atoms with E-state index in [4.69, 9.17) is 4.74 Å². The molecule has 0 spiro atoms. The summed E-state index contributed by atoms with van der Waals surface area (Å²) in [6, 6.07) is 8.17. The molecule has 106 valence electrons. The van der Waals surface area contributed by atoms with Gasteiger partial charge in [-0.2, -0.15) is 0 Å². The van der Waals surface area contributed by atoms with E-state index in [1.807, 2.05) is 14.1 Å². The van der Waals surface area contributed by atoms with E-state index in [-0.39, 0.29) is 6.03 Å². The normalized spacial score (nSPS) is 10.1. The molecule has 0 aromatic heterocycles. The minimum atomic E-state index is -0.151. The van der Waals surface area contributed by atoms with Crippen molar-refractivity contribution in [2.75, 3.05) is 45.8 Å². The van der Waals surface area contributed by atoms with Crippen LogP contribution in [0, 0.1) is 0 Å². The fraction of sp³-hybridized carbons (Fsp3) is 0.500. The van der Waals surface area contributed by atoms with Crippen LogP contribution < -0.4 is 15.5 Å². The van der Waals surface area contributed by atoms with Crippen molar-refractivity contribution < 1.29 is 9.53 Å². The van der Waals surface area contributed by atoms with E-state index < -0.39 is 0 Å².